The van der Waals surface area contributed by atoms with Crippen LogP contribution in [0.2, 0.25) is 0 Å². The summed E-state index contributed by atoms with van der Waals surface area (Å²) in [6.45, 7) is 8.25. The number of hydrogen-bond acceptors (Lipinski definition) is 3. The lowest BCUT2D eigenvalue weighted by molar-refractivity contribution is -0.191. The highest BCUT2D eigenvalue weighted by atomic mass is 16.5. The summed E-state index contributed by atoms with van der Waals surface area (Å²) in [5, 5.41) is 18.9. The predicted molar refractivity (Wildman–Crippen MR) is 54.9 cm³/mol. The molecule has 0 aliphatic carbocycles. The molecule has 0 saturated carbocycles. The zero-order chi connectivity index (χ0) is 10.9. The van der Waals surface area contributed by atoms with E-state index in [1.165, 1.54) is 0 Å². The van der Waals surface area contributed by atoms with Crippen LogP contribution in [-0.4, -0.2) is 35.1 Å². The highest BCUT2D eigenvalue weighted by molar-refractivity contribution is 4.88. The van der Waals surface area contributed by atoms with Crippen LogP contribution in [0.25, 0.3) is 0 Å². The van der Waals surface area contributed by atoms with Crippen LogP contribution in [0.15, 0.2) is 0 Å². The molecule has 0 radical (unpaired) electrons. The van der Waals surface area contributed by atoms with Gasteiger partial charge in [-0.1, -0.05) is 27.7 Å². The number of aliphatic hydroxyl groups excluding tert-OH is 2. The summed E-state index contributed by atoms with van der Waals surface area (Å²) in [6, 6.07) is 0. The minimum absolute atomic E-state index is 0.0958. The van der Waals surface area contributed by atoms with E-state index < -0.39 is 12.2 Å². The second kappa shape index (κ2) is 4.60. The number of ether oxygens (including phenoxy) is 1. The summed E-state index contributed by atoms with van der Waals surface area (Å²) in [7, 11) is 0. The van der Waals surface area contributed by atoms with Crippen LogP contribution < -0.4 is 0 Å². The molecule has 0 aromatic rings. The van der Waals surface area contributed by atoms with Crippen molar-refractivity contribution in [2.45, 2.75) is 46.0 Å². The van der Waals surface area contributed by atoms with E-state index in [2.05, 4.69) is 20.8 Å². The first kappa shape index (κ1) is 12.0. The highest BCUT2D eigenvalue weighted by Gasteiger charge is 2.40. The molecule has 2 N–H and O–H groups in total. The van der Waals surface area contributed by atoms with Gasteiger partial charge in [0.1, 0.15) is 6.10 Å². The maximum Gasteiger partial charge on any atom is 0.107 e. The number of aliphatic hydroxyl groups is 2. The van der Waals surface area contributed by atoms with Crippen molar-refractivity contribution >= 4 is 0 Å². The monoisotopic (exact) mass is 202 g/mol. The first-order valence-corrected chi connectivity index (χ1v) is 5.43. The van der Waals surface area contributed by atoms with Gasteiger partial charge < -0.3 is 14.9 Å². The molecule has 3 heteroatoms. The van der Waals surface area contributed by atoms with Crippen molar-refractivity contribution in [1.82, 2.24) is 0 Å². The Morgan fingerprint density at radius 2 is 1.79 bits per heavy atom. The van der Waals surface area contributed by atoms with Gasteiger partial charge in [-0.05, 0) is 17.8 Å². The molecule has 1 heterocycles. The Kier molecular flexibility index (Phi) is 3.93. The number of rotatable bonds is 2. The van der Waals surface area contributed by atoms with Crippen molar-refractivity contribution in [3.8, 4) is 0 Å². The number of hydrogen-bond donors (Lipinski definition) is 2. The maximum atomic E-state index is 9.82. The summed E-state index contributed by atoms with van der Waals surface area (Å²) in [5.74, 6) is 0.954. The lowest BCUT2D eigenvalue weighted by atomic mass is 9.78. The Hall–Kier alpha value is -0.120. The Balaban J connectivity index is 2.73. The van der Waals surface area contributed by atoms with Gasteiger partial charge in [-0.2, -0.15) is 0 Å². The maximum absolute atomic E-state index is 9.82. The van der Waals surface area contributed by atoms with E-state index in [1.54, 1.807) is 0 Å². The van der Waals surface area contributed by atoms with Crippen LogP contribution in [0.4, 0.5) is 0 Å². The SMILES string of the molecule is CC(C)C1O[C@H](CO)[C@H](O)[C@H](C)[C@H]1C. The molecule has 3 nitrogen and oxygen atoms in total. The molecule has 0 spiro atoms. The smallest absolute Gasteiger partial charge is 0.107 e. The van der Waals surface area contributed by atoms with Crippen LogP contribution in [0.5, 0.6) is 0 Å². The molecular weight excluding hydrogens is 180 g/mol. The predicted octanol–water partition coefficient (Wildman–Crippen LogP) is 1.04. The van der Waals surface area contributed by atoms with Crippen LogP contribution >= 0.6 is 0 Å². The van der Waals surface area contributed by atoms with Crippen LogP contribution in [0, 0.1) is 17.8 Å². The summed E-state index contributed by atoms with van der Waals surface area (Å²) in [4.78, 5) is 0. The second-order valence-corrected chi connectivity index (χ2v) is 4.77. The van der Waals surface area contributed by atoms with E-state index in [4.69, 9.17) is 9.84 Å². The molecular formula is C11H22O3. The molecule has 0 bridgehead atoms. The van der Waals surface area contributed by atoms with Crippen molar-refractivity contribution in [3.05, 3.63) is 0 Å². The third-order valence-corrected chi connectivity index (χ3v) is 3.44. The summed E-state index contributed by atoms with van der Waals surface area (Å²) < 4.78 is 5.69. The van der Waals surface area contributed by atoms with Gasteiger partial charge in [-0.25, -0.2) is 0 Å². The molecule has 1 fully saturated rings. The third-order valence-electron chi connectivity index (χ3n) is 3.44. The zero-order valence-electron chi connectivity index (χ0n) is 9.47. The van der Waals surface area contributed by atoms with Gasteiger partial charge in [0.05, 0.1) is 18.8 Å². The molecule has 0 amide bonds. The molecule has 1 unspecified atom stereocenters. The summed E-state index contributed by atoms with van der Waals surface area (Å²) in [6.07, 6.45) is -0.802. The molecule has 0 aromatic carbocycles. The van der Waals surface area contributed by atoms with Gasteiger partial charge >= 0.3 is 0 Å². The van der Waals surface area contributed by atoms with E-state index >= 15 is 0 Å². The van der Waals surface area contributed by atoms with Crippen molar-refractivity contribution in [2.24, 2.45) is 17.8 Å². The Morgan fingerprint density at radius 1 is 1.21 bits per heavy atom. The van der Waals surface area contributed by atoms with E-state index in [-0.39, 0.29) is 18.6 Å². The van der Waals surface area contributed by atoms with Gasteiger partial charge in [-0.15, -0.1) is 0 Å². The van der Waals surface area contributed by atoms with Gasteiger partial charge in [0.2, 0.25) is 0 Å². The molecule has 1 saturated heterocycles. The minimum atomic E-state index is -0.537. The van der Waals surface area contributed by atoms with Crippen molar-refractivity contribution in [2.75, 3.05) is 6.61 Å². The fourth-order valence-electron chi connectivity index (χ4n) is 2.27. The van der Waals surface area contributed by atoms with Gasteiger partial charge in [0.25, 0.3) is 0 Å². The van der Waals surface area contributed by atoms with Crippen molar-refractivity contribution in [1.29, 1.82) is 0 Å². The van der Waals surface area contributed by atoms with Gasteiger partial charge in [-0.3, -0.25) is 0 Å². The fraction of sp³-hybridized carbons (Fsp3) is 1.00. The van der Waals surface area contributed by atoms with Gasteiger partial charge in [0.15, 0.2) is 0 Å². The van der Waals surface area contributed by atoms with Crippen LogP contribution in [-0.2, 0) is 4.74 Å². The van der Waals surface area contributed by atoms with Crippen molar-refractivity contribution < 1.29 is 14.9 Å². The zero-order valence-corrected chi connectivity index (χ0v) is 9.47. The molecule has 5 atom stereocenters. The second-order valence-electron chi connectivity index (χ2n) is 4.77. The summed E-state index contributed by atoms with van der Waals surface area (Å²) >= 11 is 0. The highest BCUT2D eigenvalue weighted by Crippen LogP contribution is 2.33. The average Bonchev–Trinajstić information content (AvgIpc) is 2.14. The van der Waals surface area contributed by atoms with Gasteiger partial charge in [0, 0.05) is 0 Å². The molecule has 1 aliphatic heterocycles. The average molecular weight is 202 g/mol. The third kappa shape index (κ3) is 2.10. The van der Waals surface area contributed by atoms with E-state index in [0.717, 1.165) is 0 Å². The van der Waals surface area contributed by atoms with E-state index in [0.29, 0.717) is 11.8 Å². The van der Waals surface area contributed by atoms with E-state index in [9.17, 15) is 5.11 Å². The quantitative estimate of drug-likeness (QED) is 0.703. The molecule has 14 heavy (non-hydrogen) atoms. The molecule has 84 valence electrons. The minimum Gasteiger partial charge on any atom is -0.394 e. The summed E-state index contributed by atoms with van der Waals surface area (Å²) in [5.41, 5.74) is 0. The van der Waals surface area contributed by atoms with Crippen molar-refractivity contribution in [3.63, 3.8) is 0 Å². The van der Waals surface area contributed by atoms with E-state index in [1.807, 2.05) is 6.92 Å². The first-order chi connectivity index (χ1) is 6.49. The fourth-order valence-corrected chi connectivity index (χ4v) is 2.27. The normalized spacial score (nSPS) is 44.4. The Labute approximate surface area is 86.1 Å². The Morgan fingerprint density at radius 3 is 2.21 bits per heavy atom. The molecule has 1 aliphatic rings. The topological polar surface area (TPSA) is 49.7 Å². The van der Waals surface area contributed by atoms with Crippen LogP contribution in [0.1, 0.15) is 27.7 Å². The standard InChI is InChI=1S/C11H22O3/c1-6(2)11-8(4)7(3)10(13)9(5-12)14-11/h6-13H,5H2,1-4H3/t7-,8-,9-,10-,11?/m1/s1. The molecule has 0 aromatic heterocycles. The first-order valence-electron chi connectivity index (χ1n) is 5.43. The van der Waals surface area contributed by atoms with Crippen LogP contribution in [0.3, 0.4) is 0 Å². The lowest BCUT2D eigenvalue weighted by Gasteiger charge is -2.43. The largest absolute Gasteiger partial charge is 0.394 e. The molecule has 1 rings (SSSR count). The Bertz CT molecular complexity index is 179. The lowest BCUT2D eigenvalue weighted by Crippen LogP contribution is -2.52.